The summed E-state index contributed by atoms with van der Waals surface area (Å²) < 4.78 is 7.62. The number of rotatable bonds is 7. The largest absolute Gasteiger partial charge is 0.497 e. The van der Waals surface area contributed by atoms with Gasteiger partial charge >= 0.3 is 0 Å². The van der Waals surface area contributed by atoms with Gasteiger partial charge in [-0.3, -0.25) is 9.36 Å². The van der Waals surface area contributed by atoms with Gasteiger partial charge in [-0.2, -0.15) is 0 Å². The summed E-state index contributed by atoms with van der Waals surface area (Å²) in [4.78, 5) is 14.8. The fourth-order valence-corrected chi connectivity index (χ4v) is 5.74. The molecule has 0 saturated heterocycles. The zero-order valence-corrected chi connectivity index (χ0v) is 20.6. The Morgan fingerprint density at radius 3 is 2.39 bits per heavy atom. The van der Waals surface area contributed by atoms with Crippen LogP contribution in [0.25, 0.3) is 11.4 Å². The van der Waals surface area contributed by atoms with E-state index in [2.05, 4.69) is 21.7 Å². The average molecular weight is 465 g/mol. The van der Waals surface area contributed by atoms with Crippen LogP contribution >= 0.6 is 11.8 Å². The third kappa shape index (κ3) is 5.08. The molecule has 4 rings (SSSR count). The molecule has 1 fully saturated rings. The van der Waals surface area contributed by atoms with Gasteiger partial charge in [0, 0.05) is 25.7 Å². The number of nitrogens with zero attached hydrogens (tertiary/aromatic N) is 4. The molecule has 2 aromatic carbocycles. The summed E-state index contributed by atoms with van der Waals surface area (Å²) in [7, 11) is 5.27. The highest BCUT2D eigenvalue weighted by Gasteiger charge is 2.32. The third-order valence-electron chi connectivity index (χ3n) is 6.40. The van der Waals surface area contributed by atoms with Gasteiger partial charge in [0.25, 0.3) is 0 Å². The summed E-state index contributed by atoms with van der Waals surface area (Å²) in [5.41, 5.74) is 1.97. The van der Waals surface area contributed by atoms with Crippen LogP contribution in [0.5, 0.6) is 5.75 Å². The Hall–Kier alpha value is -2.80. The second-order valence-corrected chi connectivity index (χ2v) is 9.95. The molecular formula is C26H32N4O2S. The first-order valence-corrected chi connectivity index (χ1v) is 12.4. The molecule has 174 valence electrons. The van der Waals surface area contributed by atoms with Crippen LogP contribution in [0.3, 0.4) is 0 Å². The van der Waals surface area contributed by atoms with Crippen LogP contribution in [-0.4, -0.2) is 46.8 Å². The number of ether oxygens (including phenoxy) is 1. The highest BCUT2D eigenvalue weighted by atomic mass is 32.2. The molecule has 3 unspecified atom stereocenters. The molecule has 3 atom stereocenters. The lowest BCUT2D eigenvalue weighted by molar-refractivity contribution is -0.128. The van der Waals surface area contributed by atoms with E-state index in [1.54, 1.807) is 26.1 Å². The summed E-state index contributed by atoms with van der Waals surface area (Å²) in [6.07, 6.45) is 4.73. The topological polar surface area (TPSA) is 60.3 Å². The monoisotopic (exact) mass is 464 g/mol. The molecule has 0 radical (unpaired) electrons. The van der Waals surface area contributed by atoms with Crippen molar-refractivity contribution >= 4 is 17.7 Å². The smallest absolute Gasteiger partial charge is 0.240 e. The zero-order valence-electron chi connectivity index (χ0n) is 19.8. The molecule has 0 spiro atoms. The summed E-state index contributed by atoms with van der Waals surface area (Å²) in [6.45, 7) is 2.32. The molecule has 3 aromatic rings. The van der Waals surface area contributed by atoms with E-state index < -0.39 is 0 Å². The van der Waals surface area contributed by atoms with Crippen LogP contribution in [0.15, 0.2) is 59.8 Å². The number of likely N-dealkylation sites (N-methyl/N-ethyl adjacent to an activating group) is 1. The van der Waals surface area contributed by atoms with Crippen molar-refractivity contribution in [3.05, 3.63) is 60.2 Å². The second kappa shape index (κ2) is 10.4. The lowest BCUT2D eigenvalue weighted by Gasteiger charge is -2.32. The van der Waals surface area contributed by atoms with Crippen molar-refractivity contribution in [2.24, 2.45) is 5.92 Å². The van der Waals surface area contributed by atoms with Gasteiger partial charge in [0.2, 0.25) is 5.91 Å². The van der Waals surface area contributed by atoms with Crippen molar-refractivity contribution in [3.8, 4) is 17.1 Å². The molecule has 1 amide bonds. The highest BCUT2D eigenvalue weighted by molar-refractivity contribution is 8.00. The second-order valence-electron chi connectivity index (χ2n) is 8.88. The fourth-order valence-electron chi connectivity index (χ4n) is 4.50. The van der Waals surface area contributed by atoms with Crippen LogP contribution in [0, 0.1) is 5.92 Å². The molecule has 0 aliphatic heterocycles. The quantitative estimate of drug-likeness (QED) is 0.424. The van der Waals surface area contributed by atoms with Crippen molar-refractivity contribution in [1.29, 1.82) is 0 Å². The number of carbonyl (C=O) groups is 1. The number of aromatic nitrogens is 3. The van der Waals surface area contributed by atoms with Crippen LogP contribution in [0.4, 0.5) is 0 Å². The van der Waals surface area contributed by atoms with Crippen LogP contribution in [0.2, 0.25) is 0 Å². The molecule has 7 heteroatoms. The molecule has 1 aromatic heterocycles. The number of amides is 1. The van der Waals surface area contributed by atoms with Crippen LogP contribution in [0.1, 0.15) is 49.5 Å². The summed E-state index contributed by atoms with van der Waals surface area (Å²) in [5, 5.41) is 9.67. The summed E-state index contributed by atoms with van der Waals surface area (Å²) in [5.74, 6) is 2.23. The van der Waals surface area contributed by atoms with E-state index >= 15 is 0 Å². The van der Waals surface area contributed by atoms with E-state index in [0.717, 1.165) is 34.3 Å². The van der Waals surface area contributed by atoms with E-state index in [1.807, 2.05) is 54.6 Å². The minimum Gasteiger partial charge on any atom is -0.497 e. The number of methoxy groups -OCH3 is 1. The Bertz CT molecular complexity index is 1070. The first kappa shape index (κ1) is 23.4. The van der Waals surface area contributed by atoms with E-state index in [4.69, 9.17) is 4.74 Å². The lowest BCUT2D eigenvalue weighted by Crippen LogP contribution is -2.27. The number of carbonyl (C=O) groups excluding carboxylic acids is 1. The zero-order chi connectivity index (χ0) is 23.4. The Kier molecular flexibility index (Phi) is 7.38. The average Bonchev–Trinajstić information content (AvgIpc) is 3.26. The van der Waals surface area contributed by atoms with Crippen molar-refractivity contribution in [3.63, 3.8) is 0 Å². The first-order valence-electron chi connectivity index (χ1n) is 11.5. The molecule has 1 aliphatic rings. The van der Waals surface area contributed by atoms with Gasteiger partial charge in [0.15, 0.2) is 11.0 Å². The minimum absolute atomic E-state index is 0.0449. The number of hydrogen-bond acceptors (Lipinski definition) is 5. The van der Waals surface area contributed by atoms with Gasteiger partial charge in [0.05, 0.1) is 7.11 Å². The Morgan fingerprint density at radius 1 is 1.06 bits per heavy atom. The van der Waals surface area contributed by atoms with Crippen LogP contribution in [-0.2, 0) is 4.79 Å². The van der Waals surface area contributed by atoms with E-state index in [1.165, 1.54) is 31.0 Å². The van der Waals surface area contributed by atoms with E-state index in [9.17, 15) is 4.79 Å². The maximum absolute atomic E-state index is 13.2. The van der Waals surface area contributed by atoms with Gasteiger partial charge in [0.1, 0.15) is 11.0 Å². The fraction of sp³-hybridized carbons (Fsp3) is 0.423. The SMILES string of the molecule is COc1ccc(-c2nnc(SC(C(=O)N(C)C)c3ccccc3)n2C2CCCCC2C)cc1. The van der Waals surface area contributed by atoms with Crippen molar-refractivity contribution < 1.29 is 9.53 Å². The predicted octanol–water partition coefficient (Wildman–Crippen LogP) is 5.63. The Morgan fingerprint density at radius 2 is 1.76 bits per heavy atom. The standard InChI is InChI=1S/C26H32N4O2S/c1-18-10-8-9-13-22(18)30-24(20-14-16-21(32-4)17-15-20)27-28-26(30)33-23(25(31)29(2)3)19-11-6-5-7-12-19/h5-7,11-12,14-18,22-23H,8-10,13H2,1-4H3. The molecule has 1 saturated carbocycles. The van der Waals surface area contributed by atoms with E-state index in [0.29, 0.717) is 12.0 Å². The molecule has 0 N–H and O–H groups in total. The highest BCUT2D eigenvalue weighted by Crippen LogP contribution is 2.43. The Balaban J connectivity index is 1.78. The predicted molar refractivity (Wildman–Crippen MR) is 132 cm³/mol. The number of thioether (sulfide) groups is 1. The molecule has 1 aliphatic carbocycles. The third-order valence-corrected chi connectivity index (χ3v) is 7.60. The summed E-state index contributed by atoms with van der Waals surface area (Å²) in [6, 6.07) is 18.2. The maximum atomic E-state index is 13.2. The van der Waals surface area contributed by atoms with Crippen molar-refractivity contribution in [2.45, 2.75) is 49.1 Å². The lowest BCUT2D eigenvalue weighted by atomic mass is 9.85. The number of hydrogen-bond donors (Lipinski definition) is 0. The summed E-state index contributed by atoms with van der Waals surface area (Å²) >= 11 is 1.50. The number of benzene rings is 2. The van der Waals surface area contributed by atoms with Crippen LogP contribution < -0.4 is 4.74 Å². The minimum atomic E-state index is -0.383. The Labute approximate surface area is 200 Å². The molecule has 6 nitrogen and oxygen atoms in total. The van der Waals surface area contributed by atoms with Crippen molar-refractivity contribution in [1.82, 2.24) is 19.7 Å². The molecule has 33 heavy (non-hydrogen) atoms. The van der Waals surface area contributed by atoms with Gasteiger partial charge in [-0.25, -0.2) is 0 Å². The normalized spacial score (nSPS) is 19.2. The van der Waals surface area contributed by atoms with Gasteiger partial charge < -0.3 is 9.64 Å². The van der Waals surface area contributed by atoms with Gasteiger partial charge in [-0.05, 0) is 48.6 Å². The van der Waals surface area contributed by atoms with Gasteiger partial charge in [-0.1, -0.05) is 61.9 Å². The molecular weight excluding hydrogens is 432 g/mol. The maximum Gasteiger partial charge on any atom is 0.240 e. The van der Waals surface area contributed by atoms with Crippen molar-refractivity contribution in [2.75, 3.05) is 21.2 Å². The first-order chi connectivity index (χ1) is 16.0. The van der Waals surface area contributed by atoms with Gasteiger partial charge in [-0.15, -0.1) is 10.2 Å². The molecule has 0 bridgehead atoms. The molecule has 1 heterocycles. The van der Waals surface area contributed by atoms with E-state index in [-0.39, 0.29) is 11.2 Å².